The fraction of sp³-hybridized carbons (Fsp3) is 0.455. The van der Waals surface area contributed by atoms with Crippen LogP contribution in [0.25, 0.3) is 0 Å². The molecular weight excluding hydrogens is 294 g/mol. The molecule has 4 atom stereocenters. The van der Waals surface area contributed by atoms with E-state index in [1.54, 1.807) is 12.1 Å². The molecule has 24 heavy (non-hydrogen) atoms. The topological polar surface area (TPSA) is 23.5 Å². The largest absolute Gasteiger partial charge is 0.508 e. The molecular formula is C22H27NO. The molecule has 0 radical (unpaired) electrons. The zero-order chi connectivity index (χ0) is 16.5. The van der Waals surface area contributed by atoms with Crippen LogP contribution in [-0.2, 0) is 0 Å². The third-order valence-corrected chi connectivity index (χ3v) is 6.09. The molecule has 4 rings (SSSR count). The molecule has 1 aliphatic heterocycles. The second-order valence-electron chi connectivity index (χ2n) is 7.81. The number of rotatable bonds is 4. The Morgan fingerprint density at radius 1 is 0.958 bits per heavy atom. The summed E-state index contributed by atoms with van der Waals surface area (Å²) in [6, 6.07) is 18.8. The molecule has 0 aromatic heterocycles. The van der Waals surface area contributed by atoms with E-state index in [2.05, 4.69) is 54.3 Å². The van der Waals surface area contributed by atoms with Gasteiger partial charge in [0.1, 0.15) is 5.75 Å². The van der Waals surface area contributed by atoms with Crippen LogP contribution in [-0.4, -0.2) is 29.6 Å². The predicted octanol–water partition coefficient (Wildman–Crippen LogP) is 4.62. The SMILES string of the molecule is CC(CN1C[C@H]2CC(c3ccccc3)C[C@H]2C1)c1ccc(O)cc1. The molecule has 1 saturated heterocycles. The van der Waals surface area contributed by atoms with Crippen LogP contribution in [0.1, 0.15) is 42.7 Å². The van der Waals surface area contributed by atoms with Gasteiger partial charge in [0.15, 0.2) is 0 Å². The van der Waals surface area contributed by atoms with Gasteiger partial charge in [-0.2, -0.15) is 0 Å². The van der Waals surface area contributed by atoms with Crippen LogP contribution in [0.2, 0.25) is 0 Å². The van der Waals surface area contributed by atoms with Gasteiger partial charge < -0.3 is 10.0 Å². The number of hydrogen-bond acceptors (Lipinski definition) is 2. The lowest BCUT2D eigenvalue weighted by Gasteiger charge is -2.23. The quantitative estimate of drug-likeness (QED) is 0.888. The highest BCUT2D eigenvalue weighted by Crippen LogP contribution is 2.46. The minimum atomic E-state index is 0.355. The Morgan fingerprint density at radius 2 is 1.58 bits per heavy atom. The molecule has 2 aliphatic rings. The van der Waals surface area contributed by atoms with E-state index in [0.29, 0.717) is 11.7 Å². The number of phenols is 1. The first-order chi connectivity index (χ1) is 11.7. The lowest BCUT2D eigenvalue weighted by Crippen LogP contribution is -2.26. The van der Waals surface area contributed by atoms with E-state index >= 15 is 0 Å². The highest BCUT2D eigenvalue weighted by atomic mass is 16.3. The summed E-state index contributed by atoms with van der Waals surface area (Å²) < 4.78 is 0. The first-order valence-corrected chi connectivity index (χ1v) is 9.25. The monoisotopic (exact) mass is 321 g/mol. The molecule has 2 fully saturated rings. The van der Waals surface area contributed by atoms with Crippen LogP contribution in [0, 0.1) is 11.8 Å². The molecule has 2 nitrogen and oxygen atoms in total. The number of benzene rings is 2. The molecule has 1 heterocycles. The second-order valence-corrected chi connectivity index (χ2v) is 7.81. The lowest BCUT2D eigenvalue weighted by molar-refractivity contribution is 0.292. The van der Waals surface area contributed by atoms with Gasteiger partial charge in [-0.25, -0.2) is 0 Å². The van der Waals surface area contributed by atoms with Crippen LogP contribution in [0.5, 0.6) is 5.75 Å². The van der Waals surface area contributed by atoms with Gasteiger partial charge in [-0.05, 0) is 59.8 Å². The Morgan fingerprint density at radius 3 is 2.21 bits per heavy atom. The Hall–Kier alpha value is -1.80. The van der Waals surface area contributed by atoms with Crippen molar-refractivity contribution in [2.24, 2.45) is 11.8 Å². The highest BCUT2D eigenvalue weighted by Gasteiger charge is 2.41. The fourth-order valence-electron chi connectivity index (χ4n) is 4.84. The molecule has 1 N–H and O–H groups in total. The van der Waals surface area contributed by atoms with Crippen molar-refractivity contribution in [3.63, 3.8) is 0 Å². The summed E-state index contributed by atoms with van der Waals surface area (Å²) in [6.45, 7) is 5.95. The molecule has 126 valence electrons. The molecule has 0 bridgehead atoms. The van der Waals surface area contributed by atoms with Crippen LogP contribution in [0.3, 0.4) is 0 Å². The van der Waals surface area contributed by atoms with Crippen molar-refractivity contribution < 1.29 is 5.11 Å². The van der Waals surface area contributed by atoms with Crippen LogP contribution >= 0.6 is 0 Å². The number of phenolic OH excluding ortho intramolecular Hbond substituents is 1. The zero-order valence-corrected chi connectivity index (χ0v) is 14.4. The van der Waals surface area contributed by atoms with Crippen molar-refractivity contribution >= 4 is 0 Å². The van der Waals surface area contributed by atoms with E-state index in [1.807, 2.05) is 0 Å². The Bertz CT molecular complexity index is 652. The number of likely N-dealkylation sites (tertiary alicyclic amines) is 1. The molecule has 0 amide bonds. The molecule has 2 unspecified atom stereocenters. The average molecular weight is 321 g/mol. The van der Waals surface area contributed by atoms with Gasteiger partial charge >= 0.3 is 0 Å². The summed E-state index contributed by atoms with van der Waals surface area (Å²) >= 11 is 0. The fourth-order valence-corrected chi connectivity index (χ4v) is 4.84. The molecule has 1 saturated carbocycles. The summed E-state index contributed by atoms with van der Waals surface area (Å²) in [5.41, 5.74) is 2.86. The summed E-state index contributed by atoms with van der Waals surface area (Å²) in [4.78, 5) is 2.66. The summed E-state index contributed by atoms with van der Waals surface area (Å²) in [6.07, 6.45) is 2.72. The van der Waals surface area contributed by atoms with Crippen molar-refractivity contribution in [2.75, 3.05) is 19.6 Å². The minimum absolute atomic E-state index is 0.355. The summed E-state index contributed by atoms with van der Waals surface area (Å²) in [5, 5.41) is 9.44. The van der Waals surface area contributed by atoms with Gasteiger partial charge in [0.05, 0.1) is 0 Å². The number of fused-ring (bicyclic) bond motifs is 1. The Labute approximate surface area is 145 Å². The van der Waals surface area contributed by atoms with Crippen molar-refractivity contribution in [2.45, 2.75) is 31.6 Å². The van der Waals surface area contributed by atoms with Crippen molar-refractivity contribution in [1.82, 2.24) is 4.90 Å². The summed E-state index contributed by atoms with van der Waals surface area (Å²) in [5.74, 6) is 3.41. The third kappa shape index (κ3) is 3.21. The number of hydrogen-bond donors (Lipinski definition) is 1. The maximum atomic E-state index is 9.44. The van der Waals surface area contributed by atoms with E-state index in [1.165, 1.54) is 37.1 Å². The van der Waals surface area contributed by atoms with Crippen molar-refractivity contribution in [3.8, 4) is 5.75 Å². The first kappa shape index (κ1) is 15.7. The third-order valence-electron chi connectivity index (χ3n) is 6.09. The van der Waals surface area contributed by atoms with Gasteiger partial charge in [-0.15, -0.1) is 0 Å². The molecule has 2 heteroatoms. The Balaban J connectivity index is 1.33. The summed E-state index contributed by atoms with van der Waals surface area (Å²) in [7, 11) is 0. The number of nitrogens with zero attached hydrogens (tertiary/aromatic N) is 1. The molecule has 1 aliphatic carbocycles. The second kappa shape index (κ2) is 6.60. The molecule has 0 spiro atoms. The van der Waals surface area contributed by atoms with E-state index in [9.17, 15) is 5.11 Å². The van der Waals surface area contributed by atoms with Crippen LogP contribution < -0.4 is 0 Å². The van der Waals surface area contributed by atoms with Gasteiger partial charge in [0.2, 0.25) is 0 Å². The lowest BCUT2D eigenvalue weighted by atomic mass is 9.96. The highest BCUT2D eigenvalue weighted by molar-refractivity contribution is 5.28. The standard InChI is InChI=1S/C22H27NO/c1-16(17-7-9-22(24)10-8-17)13-23-14-20-11-19(12-21(20)15-23)18-5-3-2-4-6-18/h2-10,16,19-21,24H,11-15H2,1H3/t16?,19?,20-,21+. The van der Waals surface area contributed by atoms with Gasteiger partial charge in [-0.1, -0.05) is 49.4 Å². The van der Waals surface area contributed by atoms with E-state index in [-0.39, 0.29) is 0 Å². The normalized spacial score (nSPS) is 28.0. The molecule has 2 aromatic rings. The van der Waals surface area contributed by atoms with Gasteiger partial charge in [-0.3, -0.25) is 0 Å². The van der Waals surface area contributed by atoms with Crippen molar-refractivity contribution in [3.05, 3.63) is 65.7 Å². The Kier molecular flexibility index (Phi) is 4.32. The van der Waals surface area contributed by atoms with E-state index in [4.69, 9.17) is 0 Å². The average Bonchev–Trinajstić information content (AvgIpc) is 3.14. The van der Waals surface area contributed by atoms with Crippen LogP contribution in [0.4, 0.5) is 0 Å². The first-order valence-electron chi connectivity index (χ1n) is 9.25. The van der Waals surface area contributed by atoms with E-state index in [0.717, 1.165) is 24.3 Å². The maximum Gasteiger partial charge on any atom is 0.115 e. The van der Waals surface area contributed by atoms with Crippen LogP contribution in [0.15, 0.2) is 54.6 Å². The maximum absolute atomic E-state index is 9.44. The van der Waals surface area contributed by atoms with Gasteiger partial charge in [0.25, 0.3) is 0 Å². The number of aromatic hydroxyl groups is 1. The zero-order valence-electron chi connectivity index (χ0n) is 14.4. The van der Waals surface area contributed by atoms with Crippen molar-refractivity contribution in [1.29, 1.82) is 0 Å². The van der Waals surface area contributed by atoms with Gasteiger partial charge in [0, 0.05) is 19.6 Å². The minimum Gasteiger partial charge on any atom is -0.508 e. The predicted molar refractivity (Wildman–Crippen MR) is 98.4 cm³/mol. The smallest absolute Gasteiger partial charge is 0.115 e. The van der Waals surface area contributed by atoms with E-state index < -0.39 is 0 Å². The molecule has 2 aromatic carbocycles.